The highest BCUT2D eigenvalue weighted by atomic mass is 32.1. The summed E-state index contributed by atoms with van der Waals surface area (Å²) in [7, 11) is 0. The van der Waals surface area contributed by atoms with Crippen molar-refractivity contribution in [2.24, 2.45) is 5.73 Å². The molecule has 104 valence electrons. The summed E-state index contributed by atoms with van der Waals surface area (Å²) in [6, 6.07) is 10.6. The van der Waals surface area contributed by atoms with Gasteiger partial charge in [-0.2, -0.15) is 0 Å². The molecule has 0 saturated carbocycles. The Morgan fingerprint density at radius 1 is 1.35 bits per heavy atom. The minimum absolute atomic E-state index is 0.0110. The van der Waals surface area contributed by atoms with Crippen molar-refractivity contribution in [1.82, 2.24) is 5.32 Å². The highest BCUT2D eigenvalue weighted by Crippen LogP contribution is 2.28. The Bertz CT molecular complexity index is 670. The van der Waals surface area contributed by atoms with E-state index in [4.69, 9.17) is 18.0 Å². The molecule has 0 saturated heterocycles. The first-order chi connectivity index (χ1) is 9.49. The summed E-state index contributed by atoms with van der Waals surface area (Å²) < 4.78 is 0. The summed E-state index contributed by atoms with van der Waals surface area (Å²) in [6.07, 6.45) is 0.426. The van der Waals surface area contributed by atoms with E-state index >= 15 is 0 Å². The third-order valence-electron chi connectivity index (χ3n) is 3.03. The molecule has 0 fully saturated rings. The molecule has 0 aromatic heterocycles. The van der Waals surface area contributed by atoms with E-state index in [1.165, 1.54) is 0 Å². The molecule has 5 heteroatoms. The van der Waals surface area contributed by atoms with Gasteiger partial charge in [0.25, 0.3) is 5.91 Å². The van der Waals surface area contributed by atoms with Gasteiger partial charge in [-0.15, -0.1) is 0 Å². The number of nitrogens with two attached hydrogens (primary N) is 1. The number of hydrogen-bond acceptors (Lipinski definition) is 3. The molecule has 1 atom stereocenters. The lowest BCUT2D eigenvalue weighted by Gasteiger charge is -2.14. The van der Waals surface area contributed by atoms with Crippen molar-refractivity contribution in [3.05, 3.63) is 42.0 Å². The third kappa shape index (κ3) is 3.05. The zero-order chi connectivity index (χ0) is 14.7. The number of carbonyl (C=O) groups excluding carboxylic acids is 1. The number of amides is 1. The maximum absolute atomic E-state index is 12.1. The van der Waals surface area contributed by atoms with Crippen LogP contribution in [-0.4, -0.2) is 22.0 Å². The zero-order valence-corrected chi connectivity index (χ0v) is 11.9. The van der Waals surface area contributed by atoms with Gasteiger partial charge in [0.15, 0.2) is 0 Å². The lowest BCUT2D eigenvalue weighted by molar-refractivity contribution is 0.0939. The standard InChI is InChI=1S/C15H16N2O2S/c1-9(8-13(16)20)17-15(19)12-7-6-10-4-2-3-5-11(10)14(12)18/h2-7,9,18H,8H2,1H3,(H2,16,20)(H,17,19). The molecule has 2 aromatic rings. The molecule has 0 radical (unpaired) electrons. The molecule has 1 amide bonds. The largest absolute Gasteiger partial charge is 0.506 e. The molecule has 4 N–H and O–H groups in total. The predicted octanol–water partition coefficient (Wildman–Crippen LogP) is 2.34. The highest BCUT2D eigenvalue weighted by molar-refractivity contribution is 7.80. The molecule has 0 aliphatic carbocycles. The van der Waals surface area contributed by atoms with Crippen LogP contribution in [0.4, 0.5) is 0 Å². The van der Waals surface area contributed by atoms with Crippen molar-refractivity contribution < 1.29 is 9.90 Å². The Morgan fingerprint density at radius 3 is 2.75 bits per heavy atom. The zero-order valence-electron chi connectivity index (χ0n) is 11.1. The second-order valence-corrected chi connectivity index (χ2v) is 5.25. The van der Waals surface area contributed by atoms with E-state index in [9.17, 15) is 9.90 Å². The maximum atomic E-state index is 12.1. The lowest BCUT2D eigenvalue weighted by Crippen LogP contribution is -2.35. The molecule has 20 heavy (non-hydrogen) atoms. The highest BCUT2D eigenvalue weighted by Gasteiger charge is 2.15. The summed E-state index contributed by atoms with van der Waals surface area (Å²) in [4.78, 5) is 12.5. The van der Waals surface area contributed by atoms with Crippen LogP contribution in [0.1, 0.15) is 23.7 Å². The maximum Gasteiger partial charge on any atom is 0.255 e. The van der Waals surface area contributed by atoms with Crippen LogP contribution < -0.4 is 11.1 Å². The first-order valence-electron chi connectivity index (χ1n) is 6.29. The molecule has 2 rings (SSSR count). The van der Waals surface area contributed by atoms with Gasteiger partial charge in [-0.1, -0.05) is 42.5 Å². The van der Waals surface area contributed by atoms with Crippen LogP contribution in [0.15, 0.2) is 36.4 Å². The molecule has 0 spiro atoms. The molecular formula is C15H16N2O2S. The summed E-state index contributed by atoms with van der Waals surface area (Å²) in [5, 5.41) is 14.5. The van der Waals surface area contributed by atoms with Crippen molar-refractivity contribution in [3.8, 4) is 5.75 Å². The summed E-state index contributed by atoms with van der Waals surface area (Å²) in [5.74, 6) is -0.347. The summed E-state index contributed by atoms with van der Waals surface area (Å²) in [6.45, 7) is 1.81. The number of fused-ring (bicyclic) bond motifs is 1. The minimum atomic E-state index is -0.336. The van der Waals surface area contributed by atoms with E-state index in [1.807, 2.05) is 31.2 Å². The van der Waals surface area contributed by atoms with E-state index in [0.717, 1.165) is 5.39 Å². The van der Waals surface area contributed by atoms with Gasteiger partial charge >= 0.3 is 0 Å². The number of carbonyl (C=O) groups is 1. The van der Waals surface area contributed by atoms with Crippen molar-refractivity contribution >= 4 is 33.9 Å². The smallest absolute Gasteiger partial charge is 0.255 e. The quantitative estimate of drug-likeness (QED) is 0.755. The summed E-state index contributed by atoms with van der Waals surface area (Å²) >= 11 is 4.81. The van der Waals surface area contributed by atoms with Crippen LogP contribution in [0.2, 0.25) is 0 Å². The Kier molecular flexibility index (Phi) is 4.20. The summed E-state index contributed by atoms with van der Waals surface area (Å²) in [5.41, 5.74) is 5.69. The Balaban J connectivity index is 2.26. The number of thiocarbonyl (C=S) groups is 1. The molecule has 4 nitrogen and oxygen atoms in total. The van der Waals surface area contributed by atoms with Gasteiger partial charge in [-0.05, 0) is 18.4 Å². The van der Waals surface area contributed by atoms with E-state index in [2.05, 4.69) is 5.32 Å². The van der Waals surface area contributed by atoms with E-state index < -0.39 is 0 Å². The second-order valence-electron chi connectivity index (χ2n) is 4.73. The average Bonchev–Trinajstić information content (AvgIpc) is 2.38. The van der Waals surface area contributed by atoms with Crippen molar-refractivity contribution in [3.63, 3.8) is 0 Å². The van der Waals surface area contributed by atoms with Crippen LogP contribution in [0.3, 0.4) is 0 Å². The van der Waals surface area contributed by atoms with Gasteiger partial charge in [-0.25, -0.2) is 0 Å². The van der Waals surface area contributed by atoms with Crippen LogP contribution >= 0.6 is 12.2 Å². The third-order valence-corrected chi connectivity index (χ3v) is 3.20. The SMILES string of the molecule is CC(CC(N)=S)NC(=O)c1ccc2ccccc2c1O. The molecule has 0 heterocycles. The topological polar surface area (TPSA) is 75.3 Å². The normalized spacial score (nSPS) is 12.1. The monoisotopic (exact) mass is 288 g/mol. The Labute approximate surface area is 122 Å². The van der Waals surface area contributed by atoms with E-state index in [1.54, 1.807) is 12.1 Å². The number of phenols is 1. The molecule has 2 aromatic carbocycles. The van der Waals surface area contributed by atoms with Gasteiger partial charge in [0, 0.05) is 17.8 Å². The van der Waals surface area contributed by atoms with Crippen LogP contribution in [-0.2, 0) is 0 Å². The molecular weight excluding hydrogens is 272 g/mol. The van der Waals surface area contributed by atoms with Crippen molar-refractivity contribution in [2.45, 2.75) is 19.4 Å². The molecule has 0 bridgehead atoms. The number of rotatable bonds is 4. The van der Waals surface area contributed by atoms with Crippen LogP contribution in [0, 0.1) is 0 Å². The first kappa shape index (κ1) is 14.3. The van der Waals surface area contributed by atoms with Gasteiger partial charge in [0.05, 0.1) is 10.6 Å². The minimum Gasteiger partial charge on any atom is -0.506 e. The van der Waals surface area contributed by atoms with Crippen LogP contribution in [0.5, 0.6) is 5.75 Å². The fourth-order valence-electron chi connectivity index (χ4n) is 2.09. The number of phenolic OH excluding ortho intramolecular Hbond substituents is 1. The fourth-order valence-corrected chi connectivity index (χ4v) is 2.34. The van der Waals surface area contributed by atoms with Crippen LogP contribution in [0.25, 0.3) is 10.8 Å². The van der Waals surface area contributed by atoms with Gasteiger partial charge < -0.3 is 16.2 Å². The van der Waals surface area contributed by atoms with Gasteiger partial charge in [-0.3, -0.25) is 4.79 Å². The number of hydrogen-bond donors (Lipinski definition) is 3. The Hall–Kier alpha value is -2.14. The van der Waals surface area contributed by atoms with E-state index in [0.29, 0.717) is 16.8 Å². The van der Waals surface area contributed by atoms with Gasteiger partial charge in [0.1, 0.15) is 5.75 Å². The Morgan fingerprint density at radius 2 is 2.05 bits per heavy atom. The predicted molar refractivity (Wildman–Crippen MR) is 83.9 cm³/mol. The van der Waals surface area contributed by atoms with Gasteiger partial charge in [0.2, 0.25) is 0 Å². The molecule has 1 unspecified atom stereocenters. The van der Waals surface area contributed by atoms with E-state index in [-0.39, 0.29) is 23.3 Å². The fraction of sp³-hybridized carbons (Fsp3) is 0.200. The molecule has 0 aliphatic heterocycles. The average molecular weight is 288 g/mol. The molecule has 0 aliphatic rings. The number of nitrogens with one attached hydrogen (secondary N) is 1. The number of benzene rings is 2. The van der Waals surface area contributed by atoms with Crippen molar-refractivity contribution in [2.75, 3.05) is 0 Å². The lowest BCUT2D eigenvalue weighted by atomic mass is 10.0. The first-order valence-corrected chi connectivity index (χ1v) is 6.69. The van der Waals surface area contributed by atoms with Crippen molar-refractivity contribution in [1.29, 1.82) is 0 Å². The number of aromatic hydroxyl groups is 1. The second kappa shape index (κ2) is 5.88.